The summed E-state index contributed by atoms with van der Waals surface area (Å²) in [5.41, 5.74) is 0.579. The fraction of sp³-hybridized carbons (Fsp3) is 0.483. The summed E-state index contributed by atoms with van der Waals surface area (Å²) in [5, 5.41) is 0.0155. The van der Waals surface area contributed by atoms with Crippen LogP contribution in [-0.4, -0.2) is 78.3 Å². The van der Waals surface area contributed by atoms with Crippen molar-refractivity contribution in [3.05, 3.63) is 59.0 Å². The number of alkyl halides is 3. The molecule has 218 valence electrons. The Morgan fingerprint density at radius 2 is 1.63 bits per heavy atom. The van der Waals surface area contributed by atoms with E-state index < -0.39 is 17.6 Å². The van der Waals surface area contributed by atoms with Crippen molar-refractivity contribution in [2.24, 2.45) is 0 Å². The van der Waals surface area contributed by atoms with Crippen LogP contribution in [0.4, 0.5) is 35.1 Å². The molecule has 1 atom stereocenters. The van der Waals surface area contributed by atoms with E-state index in [4.69, 9.17) is 21.6 Å². The third kappa shape index (κ3) is 6.06. The van der Waals surface area contributed by atoms with E-state index in [9.17, 15) is 17.6 Å². The molecule has 12 heteroatoms. The number of hydrogen-bond donors (Lipinski definition) is 0. The van der Waals surface area contributed by atoms with Crippen molar-refractivity contribution in [3.63, 3.8) is 0 Å². The highest BCUT2D eigenvalue weighted by Gasteiger charge is 2.36. The first-order valence-electron chi connectivity index (χ1n) is 14.1. The van der Waals surface area contributed by atoms with Gasteiger partial charge in [-0.25, -0.2) is 14.4 Å². The molecule has 41 heavy (non-hydrogen) atoms. The molecule has 0 aliphatic carbocycles. The predicted octanol–water partition coefficient (Wildman–Crippen LogP) is 5.74. The van der Waals surface area contributed by atoms with E-state index in [-0.39, 0.29) is 10.8 Å². The van der Waals surface area contributed by atoms with Crippen LogP contribution in [0.3, 0.4) is 0 Å². The second-order valence-electron chi connectivity index (χ2n) is 10.9. The molecule has 3 saturated heterocycles. The lowest BCUT2D eigenvalue weighted by molar-refractivity contribution is -0.137. The van der Waals surface area contributed by atoms with Crippen molar-refractivity contribution >= 4 is 29.2 Å². The molecule has 0 unspecified atom stereocenters. The van der Waals surface area contributed by atoms with Gasteiger partial charge in [-0.3, -0.25) is 0 Å². The van der Waals surface area contributed by atoms with Gasteiger partial charge in [0.25, 0.3) is 0 Å². The van der Waals surface area contributed by atoms with E-state index in [0.717, 1.165) is 45.1 Å². The molecule has 1 aromatic carbocycles. The van der Waals surface area contributed by atoms with E-state index in [1.54, 1.807) is 17.0 Å². The van der Waals surface area contributed by atoms with E-state index in [0.29, 0.717) is 55.2 Å². The van der Waals surface area contributed by atoms with Crippen LogP contribution in [0.25, 0.3) is 11.3 Å². The minimum atomic E-state index is -4.48. The molecule has 5 heterocycles. The molecule has 2 aromatic heterocycles. The first-order chi connectivity index (χ1) is 19.8. The highest BCUT2D eigenvalue weighted by atomic mass is 35.5. The van der Waals surface area contributed by atoms with Gasteiger partial charge in [0.05, 0.1) is 16.3 Å². The van der Waals surface area contributed by atoms with Crippen LogP contribution in [0.5, 0.6) is 0 Å². The van der Waals surface area contributed by atoms with E-state index in [2.05, 4.69) is 19.7 Å². The molecule has 0 spiro atoms. The maximum absolute atomic E-state index is 14.0. The normalized spacial score (nSPS) is 20.3. The number of benzene rings is 1. The van der Waals surface area contributed by atoms with E-state index >= 15 is 0 Å². The summed E-state index contributed by atoms with van der Waals surface area (Å²) in [6.45, 7) is 5.68. The standard InChI is InChI=1S/C29H32ClF4N7/c30-23-17-20(7-8-24(23)31)25-18-26(37-28(36-25)41-12-4-5-21(41)19-38-10-1-2-11-38)39-13-15-40(16-14-39)27-22(29(32,33)34)6-3-9-35-27/h3,6-9,17-18,21H,1-2,4-5,10-16,19H2/t21-/m0/s1. The molecule has 3 aliphatic heterocycles. The molecule has 0 amide bonds. The summed E-state index contributed by atoms with van der Waals surface area (Å²) < 4.78 is 54.8. The number of pyridine rings is 1. The van der Waals surface area contributed by atoms with Gasteiger partial charge >= 0.3 is 6.18 Å². The number of nitrogens with zero attached hydrogens (tertiary/aromatic N) is 7. The topological polar surface area (TPSA) is 51.6 Å². The molecular weight excluding hydrogens is 558 g/mol. The summed E-state index contributed by atoms with van der Waals surface area (Å²) in [4.78, 5) is 22.5. The number of likely N-dealkylation sites (tertiary alicyclic amines) is 1. The molecule has 0 bridgehead atoms. The molecule has 0 N–H and O–H groups in total. The Balaban J connectivity index is 1.29. The number of aromatic nitrogens is 3. The van der Waals surface area contributed by atoms with Crippen LogP contribution >= 0.6 is 11.6 Å². The van der Waals surface area contributed by atoms with Gasteiger partial charge in [0.1, 0.15) is 17.5 Å². The third-order valence-electron chi connectivity index (χ3n) is 8.21. The first-order valence-corrected chi connectivity index (χ1v) is 14.5. The van der Waals surface area contributed by atoms with Crippen molar-refractivity contribution in [1.29, 1.82) is 0 Å². The lowest BCUT2D eigenvalue weighted by atomic mass is 10.1. The minimum Gasteiger partial charge on any atom is -0.353 e. The highest BCUT2D eigenvalue weighted by Crippen LogP contribution is 2.36. The second-order valence-corrected chi connectivity index (χ2v) is 11.3. The molecule has 7 nitrogen and oxygen atoms in total. The maximum atomic E-state index is 14.0. The van der Waals surface area contributed by atoms with E-state index in [1.165, 1.54) is 31.2 Å². The number of piperazine rings is 1. The number of halogens is 5. The lowest BCUT2D eigenvalue weighted by Crippen LogP contribution is -2.48. The average molecular weight is 590 g/mol. The summed E-state index contributed by atoms with van der Waals surface area (Å²) in [6.07, 6.45) is 1.48. The molecule has 0 saturated carbocycles. The lowest BCUT2D eigenvalue weighted by Gasteiger charge is -2.37. The second kappa shape index (κ2) is 11.6. The number of hydrogen-bond acceptors (Lipinski definition) is 7. The van der Waals surface area contributed by atoms with Crippen molar-refractivity contribution in [1.82, 2.24) is 19.9 Å². The Morgan fingerprint density at radius 1 is 0.878 bits per heavy atom. The smallest absolute Gasteiger partial charge is 0.353 e. The summed E-state index contributed by atoms with van der Waals surface area (Å²) in [6, 6.07) is 9.08. The average Bonchev–Trinajstić information content (AvgIpc) is 3.67. The predicted molar refractivity (Wildman–Crippen MR) is 152 cm³/mol. The van der Waals surface area contributed by atoms with Crippen molar-refractivity contribution in [2.75, 3.05) is 67.1 Å². The van der Waals surface area contributed by atoms with Crippen molar-refractivity contribution < 1.29 is 17.6 Å². The molecular formula is C29H32ClF4N7. The summed E-state index contributed by atoms with van der Waals surface area (Å²) in [7, 11) is 0. The van der Waals surface area contributed by atoms with Crippen LogP contribution in [0.15, 0.2) is 42.6 Å². The summed E-state index contributed by atoms with van der Waals surface area (Å²) in [5.74, 6) is 0.755. The van der Waals surface area contributed by atoms with Crippen LogP contribution in [0.1, 0.15) is 31.2 Å². The Bertz CT molecular complexity index is 1370. The zero-order chi connectivity index (χ0) is 28.6. The van der Waals surface area contributed by atoms with Crippen LogP contribution in [-0.2, 0) is 6.18 Å². The van der Waals surface area contributed by atoms with Crippen molar-refractivity contribution in [2.45, 2.75) is 37.9 Å². The fourth-order valence-electron chi connectivity index (χ4n) is 6.09. The Kier molecular flexibility index (Phi) is 7.91. The van der Waals surface area contributed by atoms with Crippen LogP contribution in [0.2, 0.25) is 5.02 Å². The Labute approximate surface area is 241 Å². The zero-order valence-corrected chi connectivity index (χ0v) is 23.4. The number of rotatable bonds is 6. The fourth-order valence-corrected chi connectivity index (χ4v) is 6.27. The molecule has 3 aliphatic rings. The first kappa shape index (κ1) is 28.0. The van der Waals surface area contributed by atoms with Gasteiger partial charge in [-0.2, -0.15) is 18.2 Å². The molecule has 3 fully saturated rings. The van der Waals surface area contributed by atoms with E-state index in [1.807, 2.05) is 6.07 Å². The highest BCUT2D eigenvalue weighted by molar-refractivity contribution is 6.31. The molecule has 0 radical (unpaired) electrons. The molecule has 6 rings (SSSR count). The summed E-state index contributed by atoms with van der Waals surface area (Å²) >= 11 is 6.12. The minimum absolute atomic E-state index is 0.0155. The third-order valence-corrected chi connectivity index (χ3v) is 8.50. The van der Waals surface area contributed by atoms with Gasteiger partial charge in [0.15, 0.2) is 0 Å². The van der Waals surface area contributed by atoms with Crippen LogP contribution < -0.4 is 14.7 Å². The quantitative estimate of drug-likeness (QED) is 0.340. The largest absolute Gasteiger partial charge is 0.419 e. The maximum Gasteiger partial charge on any atom is 0.419 e. The zero-order valence-electron chi connectivity index (χ0n) is 22.6. The van der Waals surface area contributed by atoms with Gasteiger partial charge in [-0.05, 0) is 69.1 Å². The Morgan fingerprint density at radius 3 is 2.37 bits per heavy atom. The van der Waals surface area contributed by atoms with Gasteiger partial charge in [0.2, 0.25) is 5.95 Å². The number of anilines is 3. The van der Waals surface area contributed by atoms with Gasteiger partial charge in [-0.15, -0.1) is 0 Å². The monoisotopic (exact) mass is 589 g/mol. The Hall–Kier alpha value is -3.18. The molecule has 3 aromatic rings. The van der Waals surface area contributed by atoms with Gasteiger partial charge < -0.3 is 19.6 Å². The van der Waals surface area contributed by atoms with Gasteiger partial charge in [-0.1, -0.05) is 11.6 Å². The SMILES string of the molecule is Fc1ccc(-c2cc(N3CCN(c4ncccc4C(F)(F)F)CC3)nc(N3CCC[C@H]3CN3CCCC3)n2)cc1Cl. The van der Waals surface area contributed by atoms with Crippen LogP contribution in [0, 0.1) is 5.82 Å². The van der Waals surface area contributed by atoms with Gasteiger partial charge in [0, 0.05) is 63.1 Å². The van der Waals surface area contributed by atoms with Crippen molar-refractivity contribution in [3.8, 4) is 11.3 Å².